The Morgan fingerprint density at radius 2 is 1.43 bits per heavy atom. The maximum Gasteiger partial charge on any atom is 0.266 e. The van der Waals surface area contributed by atoms with Crippen LogP contribution in [0.4, 0.5) is 0 Å². The van der Waals surface area contributed by atoms with Gasteiger partial charge in [-0.3, -0.25) is 9.36 Å². The van der Waals surface area contributed by atoms with Crippen LogP contribution in [0.3, 0.4) is 0 Å². The Labute approximate surface area is 182 Å². The fourth-order valence-corrected chi connectivity index (χ4v) is 3.93. The van der Waals surface area contributed by atoms with E-state index in [0.717, 1.165) is 21.1 Å². The summed E-state index contributed by atoms with van der Waals surface area (Å²) in [5, 5.41) is 2.94. The summed E-state index contributed by atoms with van der Waals surface area (Å²) in [6.07, 6.45) is 3.94. The van der Waals surface area contributed by atoms with Crippen LogP contribution in [0.2, 0.25) is 0 Å². The lowest BCUT2D eigenvalue weighted by atomic mass is 10.0. The standard InChI is InChI=1S/C26H17BrN2O/c27-20-13-15-21(16-14-20)29-25(28-24-11-4-3-10-23(24)26(29)30)17-12-19-8-5-7-18-6-1-2-9-22(18)19/h1-17H. The van der Waals surface area contributed by atoms with E-state index in [-0.39, 0.29) is 5.56 Å². The summed E-state index contributed by atoms with van der Waals surface area (Å²) in [6.45, 7) is 0. The van der Waals surface area contributed by atoms with Crippen molar-refractivity contribution >= 4 is 49.8 Å². The van der Waals surface area contributed by atoms with Gasteiger partial charge in [0.05, 0.1) is 16.6 Å². The lowest BCUT2D eigenvalue weighted by Gasteiger charge is -2.11. The Hall–Kier alpha value is -3.50. The van der Waals surface area contributed by atoms with Gasteiger partial charge in [0.25, 0.3) is 5.56 Å². The van der Waals surface area contributed by atoms with Crippen LogP contribution in [0, 0.1) is 0 Å². The first-order valence-corrected chi connectivity index (χ1v) is 10.4. The summed E-state index contributed by atoms with van der Waals surface area (Å²) in [6, 6.07) is 29.6. The summed E-state index contributed by atoms with van der Waals surface area (Å²) in [5.74, 6) is 0.592. The van der Waals surface area contributed by atoms with E-state index < -0.39 is 0 Å². The van der Waals surface area contributed by atoms with Gasteiger partial charge in [-0.2, -0.15) is 0 Å². The molecule has 0 aliphatic rings. The van der Waals surface area contributed by atoms with Gasteiger partial charge in [-0.05, 0) is 58.8 Å². The molecule has 1 aromatic heterocycles. The highest BCUT2D eigenvalue weighted by Gasteiger charge is 2.11. The summed E-state index contributed by atoms with van der Waals surface area (Å²) in [4.78, 5) is 18.1. The number of halogens is 1. The Morgan fingerprint density at radius 1 is 0.733 bits per heavy atom. The SMILES string of the molecule is O=c1c2ccccc2nc(C=Cc2cccc3ccccc23)n1-c1ccc(Br)cc1. The molecule has 144 valence electrons. The van der Waals surface area contributed by atoms with E-state index in [1.165, 1.54) is 5.39 Å². The van der Waals surface area contributed by atoms with Gasteiger partial charge in [0.1, 0.15) is 5.82 Å². The number of nitrogens with zero attached hydrogens (tertiary/aromatic N) is 2. The third kappa shape index (κ3) is 3.36. The fraction of sp³-hybridized carbons (Fsp3) is 0. The predicted octanol–water partition coefficient (Wildman–Crippen LogP) is 6.47. The third-order valence-electron chi connectivity index (χ3n) is 5.12. The molecule has 0 fully saturated rings. The summed E-state index contributed by atoms with van der Waals surface area (Å²) < 4.78 is 2.62. The molecule has 3 nitrogen and oxygen atoms in total. The number of fused-ring (bicyclic) bond motifs is 2. The fourth-order valence-electron chi connectivity index (χ4n) is 3.66. The summed E-state index contributed by atoms with van der Waals surface area (Å²) in [7, 11) is 0. The van der Waals surface area contributed by atoms with Gasteiger partial charge in [-0.15, -0.1) is 0 Å². The quantitative estimate of drug-likeness (QED) is 0.314. The summed E-state index contributed by atoms with van der Waals surface area (Å²) in [5.41, 5.74) is 2.46. The zero-order valence-electron chi connectivity index (χ0n) is 16.0. The first-order chi connectivity index (χ1) is 14.7. The van der Waals surface area contributed by atoms with E-state index >= 15 is 0 Å². The van der Waals surface area contributed by atoms with Gasteiger partial charge in [-0.25, -0.2) is 4.98 Å². The first kappa shape index (κ1) is 18.5. The smallest absolute Gasteiger partial charge is 0.266 e. The Morgan fingerprint density at radius 3 is 2.27 bits per heavy atom. The maximum absolute atomic E-state index is 13.3. The Kier molecular flexibility index (Phi) is 4.77. The molecule has 0 atom stereocenters. The van der Waals surface area contributed by atoms with Gasteiger partial charge in [0.15, 0.2) is 0 Å². The molecule has 5 rings (SSSR count). The van der Waals surface area contributed by atoms with Crippen LogP contribution < -0.4 is 5.56 Å². The highest BCUT2D eigenvalue weighted by molar-refractivity contribution is 9.10. The minimum atomic E-state index is -0.0829. The van der Waals surface area contributed by atoms with E-state index in [4.69, 9.17) is 4.98 Å². The molecule has 0 N–H and O–H groups in total. The molecule has 0 saturated carbocycles. The largest absolute Gasteiger partial charge is 0.268 e. The van der Waals surface area contributed by atoms with Gasteiger partial charge < -0.3 is 0 Å². The Balaban J connectivity index is 1.73. The van der Waals surface area contributed by atoms with Crippen LogP contribution >= 0.6 is 15.9 Å². The van der Waals surface area contributed by atoms with Gasteiger partial charge in [-0.1, -0.05) is 76.6 Å². The molecule has 0 saturated heterocycles. The number of rotatable bonds is 3. The van der Waals surface area contributed by atoms with E-state index in [2.05, 4.69) is 40.2 Å². The molecule has 30 heavy (non-hydrogen) atoms. The average molecular weight is 453 g/mol. The second-order valence-electron chi connectivity index (χ2n) is 7.01. The highest BCUT2D eigenvalue weighted by Crippen LogP contribution is 2.22. The Bertz CT molecular complexity index is 1460. The molecule has 0 spiro atoms. The van der Waals surface area contributed by atoms with Crippen molar-refractivity contribution in [2.24, 2.45) is 0 Å². The number of para-hydroxylation sites is 1. The van der Waals surface area contributed by atoms with Gasteiger partial charge >= 0.3 is 0 Å². The minimum Gasteiger partial charge on any atom is -0.268 e. The van der Waals surface area contributed by atoms with Crippen LogP contribution in [0.15, 0.2) is 100 Å². The second kappa shape index (κ2) is 7.73. The average Bonchev–Trinajstić information content (AvgIpc) is 2.79. The molecular formula is C26H17BrN2O. The number of hydrogen-bond acceptors (Lipinski definition) is 2. The number of hydrogen-bond donors (Lipinski definition) is 0. The third-order valence-corrected chi connectivity index (χ3v) is 5.65. The van der Waals surface area contributed by atoms with Crippen molar-refractivity contribution in [3.8, 4) is 5.69 Å². The van der Waals surface area contributed by atoms with Crippen LogP contribution in [-0.2, 0) is 0 Å². The van der Waals surface area contributed by atoms with E-state index in [0.29, 0.717) is 16.7 Å². The monoisotopic (exact) mass is 452 g/mol. The van der Waals surface area contributed by atoms with Crippen molar-refractivity contribution in [1.82, 2.24) is 9.55 Å². The molecule has 4 heteroatoms. The molecule has 0 aliphatic carbocycles. The van der Waals surface area contributed by atoms with Gasteiger partial charge in [0.2, 0.25) is 0 Å². The first-order valence-electron chi connectivity index (χ1n) is 9.64. The van der Waals surface area contributed by atoms with Gasteiger partial charge in [0, 0.05) is 4.47 Å². The van der Waals surface area contributed by atoms with Crippen molar-refractivity contribution in [2.75, 3.05) is 0 Å². The molecule has 0 radical (unpaired) electrons. The summed E-state index contributed by atoms with van der Waals surface area (Å²) >= 11 is 3.46. The zero-order chi connectivity index (χ0) is 20.5. The molecule has 1 heterocycles. The molecule has 0 bridgehead atoms. The normalized spacial score (nSPS) is 11.5. The second-order valence-corrected chi connectivity index (χ2v) is 7.92. The lowest BCUT2D eigenvalue weighted by Crippen LogP contribution is -2.22. The maximum atomic E-state index is 13.3. The van der Waals surface area contributed by atoms with E-state index in [1.54, 1.807) is 4.57 Å². The van der Waals surface area contributed by atoms with Crippen LogP contribution in [0.5, 0.6) is 0 Å². The van der Waals surface area contributed by atoms with Crippen LogP contribution in [-0.4, -0.2) is 9.55 Å². The van der Waals surface area contributed by atoms with Crippen LogP contribution in [0.1, 0.15) is 11.4 Å². The molecule has 0 amide bonds. The highest BCUT2D eigenvalue weighted by atomic mass is 79.9. The number of aromatic nitrogens is 2. The molecule has 0 unspecified atom stereocenters. The van der Waals surface area contributed by atoms with E-state index in [9.17, 15) is 4.79 Å². The van der Waals surface area contributed by atoms with Crippen molar-refractivity contribution < 1.29 is 0 Å². The minimum absolute atomic E-state index is 0.0829. The van der Waals surface area contributed by atoms with Crippen molar-refractivity contribution in [2.45, 2.75) is 0 Å². The van der Waals surface area contributed by atoms with Crippen molar-refractivity contribution in [3.63, 3.8) is 0 Å². The van der Waals surface area contributed by atoms with Crippen molar-refractivity contribution in [1.29, 1.82) is 0 Å². The molecule has 5 aromatic rings. The molecule has 0 aliphatic heterocycles. The van der Waals surface area contributed by atoms with E-state index in [1.807, 2.05) is 78.9 Å². The lowest BCUT2D eigenvalue weighted by molar-refractivity contribution is 0.943. The predicted molar refractivity (Wildman–Crippen MR) is 128 cm³/mol. The molecule has 4 aromatic carbocycles. The van der Waals surface area contributed by atoms with Crippen molar-refractivity contribution in [3.05, 3.63) is 117 Å². The topological polar surface area (TPSA) is 34.9 Å². The number of benzene rings is 4. The molecular weight excluding hydrogens is 436 g/mol. The zero-order valence-corrected chi connectivity index (χ0v) is 17.6. The van der Waals surface area contributed by atoms with Crippen LogP contribution in [0.25, 0.3) is 39.5 Å².